The van der Waals surface area contributed by atoms with Crippen molar-refractivity contribution in [2.75, 3.05) is 11.8 Å². The lowest BCUT2D eigenvalue weighted by atomic mass is 10.2. The quantitative estimate of drug-likeness (QED) is 0.892. The summed E-state index contributed by atoms with van der Waals surface area (Å²) >= 11 is 3.19. The van der Waals surface area contributed by atoms with Crippen LogP contribution in [0, 0.1) is 12.7 Å². The van der Waals surface area contributed by atoms with Crippen LogP contribution in [0.1, 0.15) is 5.56 Å². The molecule has 0 aliphatic rings. The monoisotopic (exact) mass is 374 g/mol. The van der Waals surface area contributed by atoms with Gasteiger partial charge in [0.15, 0.2) is 0 Å². The molecule has 0 fully saturated rings. The number of benzene rings is 1. The van der Waals surface area contributed by atoms with Crippen LogP contribution in [-0.2, 0) is 10.0 Å². The second-order valence-corrected chi connectivity index (χ2v) is 6.82. The highest BCUT2D eigenvalue weighted by Crippen LogP contribution is 2.28. The molecule has 8 heteroatoms. The van der Waals surface area contributed by atoms with Crippen LogP contribution in [0.25, 0.3) is 0 Å². The summed E-state index contributed by atoms with van der Waals surface area (Å²) in [5.41, 5.74) is 0.750. The topological polar surface area (TPSA) is 68.3 Å². The van der Waals surface area contributed by atoms with E-state index in [1.165, 1.54) is 31.5 Å². The van der Waals surface area contributed by atoms with Gasteiger partial charge in [0.05, 0.1) is 7.11 Å². The van der Waals surface area contributed by atoms with Gasteiger partial charge in [-0.05, 0) is 46.6 Å². The first-order chi connectivity index (χ1) is 9.83. The van der Waals surface area contributed by atoms with E-state index in [-0.39, 0.29) is 11.6 Å². The maximum atomic E-state index is 13.8. The molecule has 0 atom stereocenters. The number of aromatic nitrogens is 1. The van der Waals surface area contributed by atoms with Gasteiger partial charge in [-0.1, -0.05) is 6.07 Å². The van der Waals surface area contributed by atoms with Crippen molar-refractivity contribution in [2.45, 2.75) is 11.8 Å². The molecular weight excluding hydrogens is 363 g/mol. The molecule has 0 bridgehead atoms. The van der Waals surface area contributed by atoms with Crippen LogP contribution in [0.2, 0.25) is 0 Å². The predicted molar refractivity (Wildman–Crippen MR) is 80.4 cm³/mol. The molecule has 0 amide bonds. The Labute approximate surface area is 130 Å². The van der Waals surface area contributed by atoms with Gasteiger partial charge < -0.3 is 4.74 Å². The predicted octanol–water partition coefficient (Wildman–Crippen LogP) is 3.10. The van der Waals surface area contributed by atoms with E-state index in [4.69, 9.17) is 4.74 Å². The van der Waals surface area contributed by atoms with E-state index in [1.54, 1.807) is 6.92 Å². The van der Waals surface area contributed by atoms with Crippen LogP contribution in [0.4, 0.5) is 10.1 Å². The molecule has 1 aromatic heterocycles. The third kappa shape index (κ3) is 3.51. The van der Waals surface area contributed by atoms with Gasteiger partial charge in [-0.15, -0.1) is 0 Å². The van der Waals surface area contributed by atoms with E-state index in [1.807, 2.05) is 0 Å². The molecule has 5 nitrogen and oxygen atoms in total. The van der Waals surface area contributed by atoms with Crippen molar-refractivity contribution in [3.63, 3.8) is 0 Å². The molecule has 1 aromatic carbocycles. The van der Waals surface area contributed by atoms with Gasteiger partial charge in [-0.2, -0.15) is 0 Å². The van der Waals surface area contributed by atoms with Gasteiger partial charge in [0, 0.05) is 10.7 Å². The lowest BCUT2D eigenvalue weighted by Crippen LogP contribution is -2.15. The lowest BCUT2D eigenvalue weighted by molar-refractivity contribution is 0.400. The molecule has 1 N–H and O–H groups in total. The average molecular weight is 375 g/mol. The second kappa shape index (κ2) is 5.98. The molecule has 1 heterocycles. The van der Waals surface area contributed by atoms with Gasteiger partial charge in [-0.3, -0.25) is 4.72 Å². The summed E-state index contributed by atoms with van der Waals surface area (Å²) in [6, 6.07) is 5.37. The zero-order chi connectivity index (χ0) is 15.6. The van der Waals surface area contributed by atoms with E-state index >= 15 is 0 Å². The number of ether oxygens (including phenoxy) is 1. The molecule has 0 saturated heterocycles. The average Bonchev–Trinajstić information content (AvgIpc) is 2.37. The molecule has 0 aliphatic heterocycles. The van der Waals surface area contributed by atoms with Gasteiger partial charge >= 0.3 is 0 Å². The van der Waals surface area contributed by atoms with Crippen molar-refractivity contribution in [2.24, 2.45) is 0 Å². The van der Waals surface area contributed by atoms with Gasteiger partial charge in [0.1, 0.15) is 16.4 Å². The number of pyridine rings is 1. The first-order valence-corrected chi connectivity index (χ1v) is 8.09. The summed E-state index contributed by atoms with van der Waals surface area (Å²) in [7, 11) is -2.71. The number of halogens is 2. The smallest absolute Gasteiger partial charge is 0.264 e. The Morgan fingerprint density at radius 1 is 1.33 bits per heavy atom. The third-order valence-electron chi connectivity index (χ3n) is 2.63. The molecule has 0 spiro atoms. The minimum atomic E-state index is -4.08. The highest BCUT2D eigenvalue weighted by Gasteiger charge is 2.21. The largest absolute Gasteiger partial charge is 0.479 e. The van der Waals surface area contributed by atoms with Crippen LogP contribution >= 0.6 is 15.9 Å². The Kier molecular flexibility index (Phi) is 4.48. The number of sulfonamides is 1. The number of methoxy groups -OCH3 is 1. The molecule has 0 unspecified atom stereocenters. The van der Waals surface area contributed by atoms with Gasteiger partial charge in [0.2, 0.25) is 5.88 Å². The van der Waals surface area contributed by atoms with E-state index in [2.05, 4.69) is 25.6 Å². The fourth-order valence-electron chi connectivity index (χ4n) is 1.69. The zero-order valence-corrected chi connectivity index (χ0v) is 13.6. The number of nitrogens with zero attached hydrogens (tertiary/aromatic N) is 1. The molecule has 2 aromatic rings. The third-order valence-corrected chi connectivity index (χ3v) is 4.46. The highest BCUT2D eigenvalue weighted by atomic mass is 79.9. The number of rotatable bonds is 4. The molecule has 0 aliphatic carbocycles. The number of hydrogen-bond donors (Lipinski definition) is 1. The summed E-state index contributed by atoms with van der Waals surface area (Å²) in [6.07, 6.45) is 1.46. The van der Waals surface area contributed by atoms with Crippen molar-refractivity contribution in [3.05, 3.63) is 46.3 Å². The normalized spacial score (nSPS) is 11.2. The van der Waals surface area contributed by atoms with Crippen molar-refractivity contribution < 1.29 is 17.5 Å². The van der Waals surface area contributed by atoms with Crippen LogP contribution in [0.15, 0.2) is 39.8 Å². The molecule has 0 radical (unpaired) electrons. The zero-order valence-electron chi connectivity index (χ0n) is 11.2. The van der Waals surface area contributed by atoms with Crippen LogP contribution < -0.4 is 9.46 Å². The summed E-state index contributed by atoms with van der Waals surface area (Å²) in [4.78, 5) is 3.49. The molecule has 21 heavy (non-hydrogen) atoms. The Bertz CT molecular complexity index is 781. The molecular formula is C13H12BrFN2O3S. The number of anilines is 1. The number of nitrogens with one attached hydrogen (secondary N) is 1. The SMILES string of the molecule is COc1ncc(Br)cc1NS(=O)(=O)c1ccc(C)cc1F. The van der Waals surface area contributed by atoms with Crippen molar-refractivity contribution in [1.82, 2.24) is 4.98 Å². The summed E-state index contributed by atoms with van der Waals surface area (Å²) < 4.78 is 46.2. The Balaban J connectivity index is 2.44. The van der Waals surface area contributed by atoms with E-state index in [0.717, 1.165) is 6.07 Å². The standard InChI is InChI=1S/C13H12BrFN2O3S/c1-8-3-4-12(10(15)5-8)21(18,19)17-11-6-9(14)7-16-13(11)20-2/h3-7,17H,1-2H3. The second-order valence-electron chi connectivity index (χ2n) is 4.25. The Morgan fingerprint density at radius 2 is 2.05 bits per heavy atom. The number of aryl methyl sites for hydroxylation is 1. The maximum absolute atomic E-state index is 13.8. The van der Waals surface area contributed by atoms with Gasteiger partial charge in [0.25, 0.3) is 10.0 Å². The first-order valence-electron chi connectivity index (χ1n) is 5.82. The van der Waals surface area contributed by atoms with Crippen molar-refractivity contribution in [3.8, 4) is 5.88 Å². The fraction of sp³-hybridized carbons (Fsp3) is 0.154. The summed E-state index contributed by atoms with van der Waals surface area (Å²) in [5, 5.41) is 0. The summed E-state index contributed by atoms with van der Waals surface area (Å²) in [5.74, 6) is -0.723. The maximum Gasteiger partial charge on any atom is 0.264 e. The number of hydrogen-bond acceptors (Lipinski definition) is 4. The Morgan fingerprint density at radius 3 is 2.67 bits per heavy atom. The first kappa shape index (κ1) is 15.7. The summed E-state index contributed by atoms with van der Waals surface area (Å²) in [6.45, 7) is 1.67. The molecule has 0 saturated carbocycles. The highest BCUT2D eigenvalue weighted by molar-refractivity contribution is 9.10. The van der Waals surface area contributed by atoms with Crippen LogP contribution in [-0.4, -0.2) is 20.5 Å². The van der Waals surface area contributed by atoms with Gasteiger partial charge in [-0.25, -0.2) is 17.8 Å². The Hall–Kier alpha value is -1.67. The minimum Gasteiger partial charge on any atom is -0.479 e. The van der Waals surface area contributed by atoms with E-state index in [9.17, 15) is 12.8 Å². The van der Waals surface area contributed by atoms with Crippen LogP contribution in [0.3, 0.4) is 0 Å². The fourth-order valence-corrected chi connectivity index (χ4v) is 3.13. The van der Waals surface area contributed by atoms with Crippen LogP contribution in [0.5, 0.6) is 5.88 Å². The van der Waals surface area contributed by atoms with Crippen molar-refractivity contribution in [1.29, 1.82) is 0 Å². The van der Waals surface area contributed by atoms with Crippen molar-refractivity contribution >= 4 is 31.6 Å². The minimum absolute atomic E-state index is 0.0919. The lowest BCUT2D eigenvalue weighted by Gasteiger charge is -2.12. The van der Waals surface area contributed by atoms with E-state index < -0.39 is 20.7 Å². The molecule has 112 valence electrons. The van der Waals surface area contributed by atoms with E-state index in [0.29, 0.717) is 10.0 Å². The molecule has 2 rings (SSSR count).